The minimum atomic E-state index is 0.0555. The highest BCUT2D eigenvalue weighted by Crippen LogP contribution is 2.02. The van der Waals surface area contributed by atoms with Gasteiger partial charge in [0.1, 0.15) is 0 Å². The van der Waals surface area contributed by atoms with E-state index in [9.17, 15) is 4.79 Å². The molecule has 0 aromatic heterocycles. The maximum Gasteiger partial charge on any atom is 0.205 e. The SMILES string of the molecule is CCCCC#CC(=O)CCc1ccccc1. The Morgan fingerprint density at radius 2 is 2.00 bits per heavy atom. The van der Waals surface area contributed by atoms with E-state index in [0.717, 1.165) is 25.7 Å². The third-order valence-corrected chi connectivity index (χ3v) is 2.37. The van der Waals surface area contributed by atoms with Crippen LogP contribution in [0.1, 0.15) is 38.2 Å². The Kier molecular flexibility index (Phi) is 6.03. The first-order valence-electron chi connectivity index (χ1n) is 5.88. The lowest BCUT2D eigenvalue weighted by Crippen LogP contribution is -1.96. The summed E-state index contributed by atoms with van der Waals surface area (Å²) in [6.45, 7) is 2.12. The normalized spacial score (nSPS) is 9.31. The lowest BCUT2D eigenvalue weighted by Gasteiger charge is -1.96. The molecule has 0 aliphatic rings. The molecule has 1 heteroatoms. The lowest BCUT2D eigenvalue weighted by atomic mass is 10.1. The van der Waals surface area contributed by atoms with Crippen LogP contribution in [-0.2, 0) is 11.2 Å². The van der Waals surface area contributed by atoms with E-state index >= 15 is 0 Å². The van der Waals surface area contributed by atoms with E-state index in [1.165, 1.54) is 5.56 Å². The van der Waals surface area contributed by atoms with E-state index in [2.05, 4.69) is 18.8 Å². The molecule has 0 bridgehead atoms. The molecule has 16 heavy (non-hydrogen) atoms. The Morgan fingerprint density at radius 3 is 2.69 bits per heavy atom. The maximum absolute atomic E-state index is 11.4. The number of aryl methyl sites for hydroxylation is 1. The Balaban J connectivity index is 2.27. The molecule has 0 amide bonds. The van der Waals surface area contributed by atoms with Crippen molar-refractivity contribution < 1.29 is 4.79 Å². The van der Waals surface area contributed by atoms with Crippen molar-refractivity contribution in [2.45, 2.75) is 39.0 Å². The molecule has 1 rings (SSSR count). The summed E-state index contributed by atoms with van der Waals surface area (Å²) in [7, 11) is 0. The van der Waals surface area contributed by atoms with Gasteiger partial charge in [0.2, 0.25) is 5.78 Å². The van der Waals surface area contributed by atoms with Gasteiger partial charge in [0.15, 0.2) is 0 Å². The number of carbonyl (C=O) groups excluding carboxylic acids is 1. The van der Waals surface area contributed by atoms with Gasteiger partial charge in [-0.3, -0.25) is 4.79 Å². The van der Waals surface area contributed by atoms with Gasteiger partial charge in [-0.25, -0.2) is 0 Å². The number of rotatable bonds is 5. The summed E-state index contributed by atoms with van der Waals surface area (Å²) in [5.74, 6) is 5.68. The summed E-state index contributed by atoms with van der Waals surface area (Å²) >= 11 is 0. The summed E-state index contributed by atoms with van der Waals surface area (Å²) in [6.07, 6.45) is 4.38. The number of ketones is 1. The van der Waals surface area contributed by atoms with Crippen LogP contribution < -0.4 is 0 Å². The second kappa shape index (κ2) is 7.70. The first-order chi connectivity index (χ1) is 7.83. The van der Waals surface area contributed by atoms with Crippen molar-refractivity contribution in [3.8, 4) is 11.8 Å². The zero-order chi connectivity index (χ0) is 11.6. The average molecular weight is 214 g/mol. The Morgan fingerprint density at radius 1 is 1.25 bits per heavy atom. The van der Waals surface area contributed by atoms with E-state index in [4.69, 9.17) is 0 Å². The van der Waals surface area contributed by atoms with E-state index in [0.29, 0.717) is 6.42 Å². The fourth-order valence-electron chi connectivity index (χ4n) is 1.39. The highest BCUT2D eigenvalue weighted by Gasteiger charge is 1.97. The molecule has 0 unspecified atom stereocenters. The fraction of sp³-hybridized carbons (Fsp3) is 0.400. The van der Waals surface area contributed by atoms with Crippen LogP contribution >= 0.6 is 0 Å². The van der Waals surface area contributed by atoms with Gasteiger partial charge in [-0.15, -0.1) is 0 Å². The summed E-state index contributed by atoms with van der Waals surface area (Å²) < 4.78 is 0. The van der Waals surface area contributed by atoms with Gasteiger partial charge in [0.25, 0.3) is 0 Å². The second-order valence-corrected chi connectivity index (χ2v) is 3.81. The largest absolute Gasteiger partial charge is 0.285 e. The van der Waals surface area contributed by atoms with Gasteiger partial charge in [-0.2, -0.15) is 0 Å². The van der Waals surface area contributed by atoms with Crippen molar-refractivity contribution in [3.63, 3.8) is 0 Å². The molecule has 0 aliphatic carbocycles. The molecule has 0 saturated heterocycles. The van der Waals surface area contributed by atoms with Crippen molar-refractivity contribution in [1.29, 1.82) is 0 Å². The standard InChI is InChI=1S/C15H18O/c1-2-3-4-8-11-15(16)13-12-14-9-6-5-7-10-14/h5-7,9-10H,2-4,12-13H2,1H3. The second-order valence-electron chi connectivity index (χ2n) is 3.81. The predicted octanol–water partition coefficient (Wildman–Crippen LogP) is 3.38. The number of hydrogen-bond donors (Lipinski definition) is 0. The first kappa shape index (κ1) is 12.5. The summed E-state index contributed by atoms with van der Waals surface area (Å²) in [6, 6.07) is 10.0. The number of hydrogen-bond acceptors (Lipinski definition) is 1. The van der Waals surface area contributed by atoms with Crippen molar-refractivity contribution in [2.75, 3.05) is 0 Å². The van der Waals surface area contributed by atoms with Gasteiger partial charge in [0, 0.05) is 12.8 Å². The zero-order valence-corrected chi connectivity index (χ0v) is 9.83. The number of carbonyl (C=O) groups is 1. The van der Waals surface area contributed by atoms with E-state index in [-0.39, 0.29) is 5.78 Å². The highest BCUT2D eigenvalue weighted by atomic mass is 16.1. The molecule has 0 fully saturated rings. The molecule has 1 aromatic carbocycles. The van der Waals surface area contributed by atoms with Crippen molar-refractivity contribution >= 4 is 5.78 Å². The maximum atomic E-state index is 11.4. The van der Waals surface area contributed by atoms with Crippen LogP contribution in [0.2, 0.25) is 0 Å². The number of Topliss-reactive ketones (excluding diaryl/α,β-unsaturated/α-hetero) is 1. The quantitative estimate of drug-likeness (QED) is 0.417. The van der Waals surface area contributed by atoms with Gasteiger partial charge < -0.3 is 0 Å². The summed E-state index contributed by atoms with van der Waals surface area (Å²) in [4.78, 5) is 11.4. The van der Waals surface area contributed by atoms with Gasteiger partial charge in [0.05, 0.1) is 0 Å². The van der Waals surface area contributed by atoms with Crippen LogP contribution in [-0.4, -0.2) is 5.78 Å². The zero-order valence-electron chi connectivity index (χ0n) is 9.83. The molecule has 0 heterocycles. The molecule has 0 atom stereocenters. The average Bonchev–Trinajstić information content (AvgIpc) is 2.33. The monoisotopic (exact) mass is 214 g/mol. The van der Waals surface area contributed by atoms with Crippen LogP contribution in [0.3, 0.4) is 0 Å². The molecule has 0 aliphatic heterocycles. The third kappa shape index (κ3) is 5.36. The molecule has 0 spiro atoms. The van der Waals surface area contributed by atoms with Crippen LogP contribution in [0.5, 0.6) is 0 Å². The predicted molar refractivity (Wildman–Crippen MR) is 67.1 cm³/mol. The Hall–Kier alpha value is -1.55. The third-order valence-electron chi connectivity index (χ3n) is 2.37. The van der Waals surface area contributed by atoms with Gasteiger partial charge in [-0.1, -0.05) is 49.6 Å². The summed E-state index contributed by atoms with van der Waals surface area (Å²) in [5, 5.41) is 0. The molecule has 0 saturated carbocycles. The number of benzene rings is 1. The molecule has 1 aromatic rings. The van der Waals surface area contributed by atoms with Crippen LogP contribution in [0.15, 0.2) is 30.3 Å². The Labute approximate surface area is 97.9 Å². The van der Waals surface area contributed by atoms with Crippen molar-refractivity contribution in [3.05, 3.63) is 35.9 Å². The fourth-order valence-corrected chi connectivity index (χ4v) is 1.39. The van der Waals surface area contributed by atoms with E-state index in [1.54, 1.807) is 0 Å². The topological polar surface area (TPSA) is 17.1 Å². The molecular weight excluding hydrogens is 196 g/mol. The van der Waals surface area contributed by atoms with Crippen molar-refractivity contribution in [2.24, 2.45) is 0 Å². The number of unbranched alkanes of at least 4 members (excludes halogenated alkanes) is 2. The Bertz CT molecular complexity index is 367. The van der Waals surface area contributed by atoms with Gasteiger partial charge >= 0.3 is 0 Å². The van der Waals surface area contributed by atoms with Crippen LogP contribution in [0, 0.1) is 11.8 Å². The minimum Gasteiger partial charge on any atom is -0.285 e. The van der Waals surface area contributed by atoms with Crippen LogP contribution in [0.25, 0.3) is 0 Å². The van der Waals surface area contributed by atoms with E-state index in [1.807, 2.05) is 30.3 Å². The van der Waals surface area contributed by atoms with Gasteiger partial charge in [-0.05, 0) is 24.3 Å². The molecule has 0 radical (unpaired) electrons. The van der Waals surface area contributed by atoms with E-state index < -0.39 is 0 Å². The molecule has 1 nitrogen and oxygen atoms in total. The highest BCUT2D eigenvalue weighted by molar-refractivity contribution is 5.95. The molecule has 84 valence electrons. The minimum absolute atomic E-state index is 0.0555. The smallest absolute Gasteiger partial charge is 0.205 e. The lowest BCUT2D eigenvalue weighted by molar-refractivity contribution is -0.113. The first-order valence-corrected chi connectivity index (χ1v) is 5.88. The van der Waals surface area contributed by atoms with Crippen molar-refractivity contribution in [1.82, 2.24) is 0 Å². The van der Waals surface area contributed by atoms with Crippen LogP contribution in [0.4, 0.5) is 0 Å². The summed E-state index contributed by atoms with van der Waals surface area (Å²) in [5.41, 5.74) is 1.20. The molecule has 0 N–H and O–H groups in total. The molecular formula is C15H18O.